The normalized spacial score (nSPS) is 10.4. The molecule has 0 bridgehead atoms. The van der Waals surface area contributed by atoms with E-state index in [-0.39, 0.29) is 0 Å². The summed E-state index contributed by atoms with van der Waals surface area (Å²) >= 11 is 6.91. The molecule has 2 aromatic rings. The minimum atomic E-state index is 0.456. The molecular weight excluding hydrogens is 358 g/mol. The third kappa shape index (κ3) is 3.13. The Kier molecular flexibility index (Phi) is 4.43. The van der Waals surface area contributed by atoms with E-state index in [0.29, 0.717) is 6.54 Å². The largest absolute Gasteiger partial charge is 0.457 e. The van der Waals surface area contributed by atoms with Crippen molar-refractivity contribution >= 4 is 31.9 Å². The van der Waals surface area contributed by atoms with Gasteiger partial charge in [0.25, 0.3) is 0 Å². The van der Waals surface area contributed by atoms with Gasteiger partial charge in [0.05, 0.1) is 0 Å². The van der Waals surface area contributed by atoms with E-state index in [1.165, 1.54) is 0 Å². The highest BCUT2D eigenvalue weighted by Gasteiger charge is 2.05. The molecule has 0 radical (unpaired) electrons. The third-order valence-electron chi connectivity index (χ3n) is 2.61. The van der Waals surface area contributed by atoms with Crippen molar-refractivity contribution in [2.45, 2.75) is 13.5 Å². The summed E-state index contributed by atoms with van der Waals surface area (Å²) in [7, 11) is 0. The number of benzene rings is 2. The van der Waals surface area contributed by atoms with Crippen molar-refractivity contribution in [2.24, 2.45) is 5.73 Å². The monoisotopic (exact) mass is 369 g/mol. The number of halogens is 2. The maximum Gasteiger partial charge on any atom is 0.133 e. The van der Waals surface area contributed by atoms with Crippen LogP contribution in [0.1, 0.15) is 11.1 Å². The Labute approximate surface area is 123 Å². The van der Waals surface area contributed by atoms with Gasteiger partial charge in [-0.05, 0) is 42.8 Å². The second kappa shape index (κ2) is 5.87. The Bertz CT molecular complexity index is 570. The summed E-state index contributed by atoms with van der Waals surface area (Å²) in [6.07, 6.45) is 0. The zero-order chi connectivity index (χ0) is 13.1. The molecule has 94 valence electrons. The first-order valence-corrected chi connectivity index (χ1v) is 7.11. The molecule has 0 saturated heterocycles. The first kappa shape index (κ1) is 13.6. The Morgan fingerprint density at radius 3 is 2.56 bits per heavy atom. The molecule has 2 N–H and O–H groups in total. The van der Waals surface area contributed by atoms with E-state index in [4.69, 9.17) is 10.5 Å². The number of aryl methyl sites for hydroxylation is 1. The Hall–Kier alpha value is -0.840. The fourth-order valence-corrected chi connectivity index (χ4v) is 2.19. The van der Waals surface area contributed by atoms with Crippen LogP contribution in [0.5, 0.6) is 11.5 Å². The van der Waals surface area contributed by atoms with E-state index >= 15 is 0 Å². The van der Waals surface area contributed by atoms with Crippen LogP contribution in [0.3, 0.4) is 0 Å². The van der Waals surface area contributed by atoms with Gasteiger partial charge >= 0.3 is 0 Å². The van der Waals surface area contributed by atoms with Crippen molar-refractivity contribution in [2.75, 3.05) is 0 Å². The SMILES string of the molecule is Cc1cc(Oc2cc(Br)ccc2CN)ccc1Br. The van der Waals surface area contributed by atoms with Crippen LogP contribution in [-0.4, -0.2) is 0 Å². The number of nitrogens with two attached hydrogens (primary N) is 1. The predicted molar refractivity (Wildman–Crippen MR) is 81.0 cm³/mol. The minimum Gasteiger partial charge on any atom is -0.457 e. The van der Waals surface area contributed by atoms with E-state index < -0.39 is 0 Å². The third-order valence-corrected chi connectivity index (χ3v) is 3.99. The van der Waals surface area contributed by atoms with Crippen molar-refractivity contribution in [1.82, 2.24) is 0 Å². The van der Waals surface area contributed by atoms with Crippen LogP contribution in [0.15, 0.2) is 45.3 Å². The van der Waals surface area contributed by atoms with Gasteiger partial charge in [-0.1, -0.05) is 37.9 Å². The summed E-state index contributed by atoms with van der Waals surface area (Å²) in [5, 5.41) is 0. The van der Waals surface area contributed by atoms with Crippen molar-refractivity contribution in [1.29, 1.82) is 0 Å². The Morgan fingerprint density at radius 2 is 1.89 bits per heavy atom. The average molecular weight is 371 g/mol. The summed E-state index contributed by atoms with van der Waals surface area (Å²) in [5.41, 5.74) is 7.83. The smallest absolute Gasteiger partial charge is 0.133 e. The molecule has 0 spiro atoms. The lowest BCUT2D eigenvalue weighted by Crippen LogP contribution is -1.99. The van der Waals surface area contributed by atoms with Crippen LogP contribution in [0.25, 0.3) is 0 Å². The highest BCUT2D eigenvalue weighted by atomic mass is 79.9. The van der Waals surface area contributed by atoms with Crippen molar-refractivity contribution in [3.63, 3.8) is 0 Å². The highest BCUT2D eigenvalue weighted by molar-refractivity contribution is 9.10. The maximum atomic E-state index is 5.89. The van der Waals surface area contributed by atoms with Gasteiger partial charge in [0, 0.05) is 21.1 Å². The molecule has 2 aromatic carbocycles. The summed E-state index contributed by atoms with van der Waals surface area (Å²) in [5.74, 6) is 1.59. The zero-order valence-corrected chi connectivity index (χ0v) is 13.1. The molecule has 0 aliphatic rings. The quantitative estimate of drug-likeness (QED) is 0.844. The van der Waals surface area contributed by atoms with Gasteiger partial charge in [-0.25, -0.2) is 0 Å². The van der Waals surface area contributed by atoms with E-state index in [1.807, 2.05) is 43.3 Å². The van der Waals surface area contributed by atoms with Crippen LogP contribution in [0, 0.1) is 6.92 Å². The zero-order valence-electron chi connectivity index (χ0n) is 9.91. The van der Waals surface area contributed by atoms with Crippen molar-refractivity contribution in [3.05, 3.63) is 56.5 Å². The van der Waals surface area contributed by atoms with Crippen LogP contribution >= 0.6 is 31.9 Å². The highest BCUT2D eigenvalue weighted by Crippen LogP contribution is 2.30. The van der Waals surface area contributed by atoms with Gasteiger partial charge in [0.1, 0.15) is 11.5 Å². The van der Waals surface area contributed by atoms with Gasteiger partial charge in [-0.2, -0.15) is 0 Å². The molecule has 0 aliphatic carbocycles. The molecule has 0 aliphatic heterocycles. The first-order chi connectivity index (χ1) is 8.60. The number of rotatable bonds is 3. The number of hydrogen-bond donors (Lipinski definition) is 1. The van der Waals surface area contributed by atoms with Crippen LogP contribution in [0.2, 0.25) is 0 Å². The molecule has 0 amide bonds. The predicted octanol–water partition coefficient (Wildman–Crippen LogP) is 4.77. The maximum absolute atomic E-state index is 5.89. The average Bonchev–Trinajstić information content (AvgIpc) is 2.34. The topological polar surface area (TPSA) is 35.2 Å². The molecule has 0 saturated carbocycles. The van der Waals surface area contributed by atoms with Crippen LogP contribution in [-0.2, 0) is 6.54 Å². The first-order valence-electron chi connectivity index (χ1n) is 5.52. The molecule has 2 nitrogen and oxygen atoms in total. The molecule has 0 heterocycles. The van der Waals surface area contributed by atoms with Crippen molar-refractivity contribution in [3.8, 4) is 11.5 Å². The molecule has 0 fully saturated rings. The summed E-state index contributed by atoms with van der Waals surface area (Å²) < 4.78 is 7.93. The molecule has 0 unspecified atom stereocenters. The summed E-state index contributed by atoms with van der Waals surface area (Å²) in [6, 6.07) is 11.8. The van der Waals surface area contributed by atoms with Crippen molar-refractivity contribution < 1.29 is 4.74 Å². The Balaban J connectivity index is 2.33. The summed E-state index contributed by atoms with van der Waals surface area (Å²) in [6.45, 7) is 2.49. The van der Waals surface area contributed by atoms with E-state index in [1.54, 1.807) is 0 Å². The second-order valence-corrected chi connectivity index (χ2v) is 5.74. The van der Waals surface area contributed by atoms with Gasteiger partial charge in [-0.15, -0.1) is 0 Å². The summed E-state index contributed by atoms with van der Waals surface area (Å²) in [4.78, 5) is 0. The van der Waals surface area contributed by atoms with Gasteiger partial charge in [-0.3, -0.25) is 0 Å². The lowest BCUT2D eigenvalue weighted by atomic mass is 10.2. The van der Waals surface area contributed by atoms with Gasteiger partial charge in [0.2, 0.25) is 0 Å². The molecule has 4 heteroatoms. The molecule has 0 aromatic heterocycles. The molecule has 0 atom stereocenters. The second-order valence-electron chi connectivity index (χ2n) is 3.97. The van der Waals surface area contributed by atoms with E-state index in [0.717, 1.165) is 31.6 Å². The molecular formula is C14H13Br2NO. The fraction of sp³-hybridized carbons (Fsp3) is 0.143. The minimum absolute atomic E-state index is 0.456. The van der Waals surface area contributed by atoms with E-state index in [9.17, 15) is 0 Å². The molecule has 2 rings (SSSR count). The number of ether oxygens (including phenoxy) is 1. The van der Waals surface area contributed by atoms with Crippen LogP contribution < -0.4 is 10.5 Å². The van der Waals surface area contributed by atoms with E-state index in [2.05, 4.69) is 31.9 Å². The van der Waals surface area contributed by atoms with Crippen LogP contribution in [0.4, 0.5) is 0 Å². The molecule has 18 heavy (non-hydrogen) atoms. The van der Waals surface area contributed by atoms with Gasteiger partial charge in [0.15, 0.2) is 0 Å². The lowest BCUT2D eigenvalue weighted by molar-refractivity contribution is 0.475. The standard InChI is InChI=1S/C14H13Br2NO/c1-9-6-12(4-5-13(9)16)18-14-7-11(15)3-2-10(14)8-17/h2-7H,8,17H2,1H3. The van der Waals surface area contributed by atoms with Gasteiger partial charge < -0.3 is 10.5 Å². The number of hydrogen-bond acceptors (Lipinski definition) is 2. The Morgan fingerprint density at radius 1 is 1.11 bits per heavy atom. The lowest BCUT2D eigenvalue weighted by Gasteiger charge is -2.11. The fourth-order valence-electron chi connectivity index (χ4n) is 1.60.